The minimum Gasteiger partial charge on any atom is -0.504 e. The standard InChI is InChI=1S/C26H32O11/c1-32-18-7-12(3-5-14(18)28)16-9-20-21(34-16)10-17(35-20)13-4-6-15(19(8-13)33-2)36-26-25(31)24(30)23(29)22(11-27)37-26/h3-8,16-17,20-31H,9-11H2,1-2H3. The van der Waals surface area contributed by atoms with E-state index in [1.165, 1.54) is 14.2 Å². The summed E-state index contributed by atoms with van der Waals surface area (Å²) in [6, 6.07) is 10.4. The van der Waals surface area contributed by atoms with Crippen LogP contribution >= 0.6 is 0 Å². The topological polar surface area (TPSA) is 157 Å². The third kappa shape index (κ3) is 4.96. The van der Waals surface area contributed by atoms with Crippen molar-refractivity contribution >= 4 is 0 Å². The van der Waals surface area contributed by atoms with E-state index >= 15 is 0 Å². The van der Waals surface area contributed by atoms with Crippen molar-refractivity contribution in [2.45, 2.75) is 68.0 Å². The maximum absolute atomic E-state index is 10.3. The second-order valence-electron chi connectivity index (χ2n) is 9.45. The summed E-state index contributed by atoms with van der Waals surface area (Å²) in [7, 11) is 2.98. The summed E-state index contributed by atoms with van der Waals surface area (Å²) in [5, 5.41) is 49.5. The molecule has 3 aliphatic rings. The first kappa shape index (κ1) is 26.0. The largest absolute Gasteiger partial charge is 0.504 e. The molecule has 9 atom stereocenters. The Kier molecular flexibility index (Phi) is 7.46. The van der Waals surface area contributed by atoms with Crippen molar-refractivity contribution in [1.82, 2.24) is 0 Å². The van der Waals surface area contributed by atoms with Gasteiger partial charge < -0.3 is 54.0 Å². The Morgan fingerprint density at radius 3 is 1.95 bits per heavy atom. The highest BCUT2D eigenvalue weighted by Crippen LogP contribution is 2.47. The lowest BCUT2D eigenvalue weighted by molar-refractivity contribution is -0.277. The van der Waals surface area contributed by atoms with Gasteiger partial charge in [-0.1, -0.05) is 12.1 Å². The van der Waals surface area contributed by atoms with Gasteiger partial charge in [0, 0.05) is 12.8 Å². The molecule has 0 radical (unpaired) electrons. The van der Waals surface area contributed by atoms with Crippen molar-refractivity contribution in [2.24, 2.45) is 0 Å². The number of aliphatic hydroxyl groups excluding tert-OH is 4. The fourth-order valence-electron chi connectivity index (χ4n) is 5.14. The number of phenols is 1. The molecule has 2 aromatic rings. The van der Waals surface area contributed by atoms with E-state index in [-0.39, 0.29) is 35.9 Å². The van der Waals surface area contributed by atoms with Crippen molar-refractivity contribution in [2.75, 3.05) is 20.8 Å². The summed E-state index contributed by atoms with van der Waals surface area (Å²) in [5.41, 5.74) is 1.78. The first-order valence-electron chi connectivity index (χ1n) is 12.2. The lowest BCUT2D eigenvalue weighted by Gasteiger charge is -2.39. The summed E-state index contributed by atoms with van der Waals surface area (Å²) in [6.07, 6.45) is -6.19. The maximum Gasteiger partial charge on any atom is 0.229 e. The van der Waals surface area contributed by atoms with Gasteiger partial charge in [0.15, 0.2) is 23.0 Å². The van der Waals surface area contributed by atoms with E-state index < -0.39 is 37.3 Å². The SMILES string of the molecule is COc1cc(C2CC3OC(c4ccc(OC5OC(CO)C(O)C(O)C5O)c(OC)c4)CC3O2)ccc1O. The number of benzene rings is 2. The summed E-state index contributed by atoms with van der Waals surface area (Å²) in [4.78, 5) is 0. The molecule has 0 bridgehead atoms. The third-order valence-electron chi connectivity index (χ3n) is 7.21. The molecule has 0 spiro atoms. The van der Waals surface area contributed by atoms with Crippen LogP contribution in [0, 0.1) is 0 Å². The molecule has 37 heavy (non-hydrogen) atoms. The molecule has 3 heterocycles. The van der Waals surface area contributed by atoms with Crippen molar-refractivity contribution in [1.29, 1.82) is 0 Å². The van der Waals surface area contributed by atoms with Crippen molar-refractivity contribution in [3.05, 3.63) is 47.5 Å². The van der Waals surface area contributed by atoms with Crippen LogP contribution in [0.2, 0.25) is 0 Å². The average Bonchev–Trinajstić information content (AvgIpc) is 3.49. The van der Waals surface area contributed by atoms with Gasteiger partial charge in [0.1, 0.15) is 24.4 Å². The molecule has 11 heteroatoms. The predicted octanol–water partition coefficient (Wildman–Crippen LogP) is 0.948. The molecule has 0 aliphatic carbocycles. The Morgan fingerprint density at radius 2 is 1.35 bits per heavy atom. The number of aliphatic hydroxyl groups is 4. The molecule has 3 saturated heterocycles. The molecule has 5 rings (SSSR count). The van der Waals surface area contributed by atoms with Crippen LogP contribution in [0.15, 0.2) is 36.4 Å². The average molecular weight is 521 g/mol. The number of rotatable bonds is 7. The van der Waals surface area contributed by atoms with E-state index in [4.69, 9.17) is 28.4 Å². The highest BCUT2D eigenvalue weighted by Gasteiger charge is 2.46. The van der Waals surface area contributed by atoms with Gasteiger partial charge in [-0.25, -0.2) is 0 Å². The van der Waals surface area contributed by atoms with E-state index in [9.17, 15) is 25.5 Å². The highest BCUT2D eigenvalue weighted by atomic mass is 16.7. The van der Waals surface area contributed by atoms with E-state index in [2.05, 4.69) is 0 Å². The zero-order chi connectivity index (χ0) is 26.3. The van der Waals surface area contributed by atoms with Gasteiger partial charge >= 0.3 is 0 Å². The van der Waals surface area contributed by atoms with E-state index in [1.54, 1.807) is 24.3 Å². The highest BCUT2D eigenvalue weighted by molar-refractivity contribution is 5.44. The molecule has 0 saturated carbocycles. The first-order valence-corrected chi connectivity index (χ1v) is 12.2. The third-order valence-corrected chi connectivity index (χ3v) is 7.21. The lowest BCUT2D eigenvalue weighted by Crippen LogP contribution is -2.60. The van der Waals surface area contributed by atoms with Crippen LogP contribution in [0.25, 0.3) is 0 Å². The molecule has 202 valence electrons. The number of methoxy groups -OCH3 is 2. The predicted molar refractivity (Wildman–Crippen MR) is 127 cm³/mol. The van der Waals surface area contributed by atoms with Crippen LogP contribution in [-0.2, 0) is 14.2 Å². The van der Waals surface area contributed by atoms with Gasteiger partial charge in [0.25, 0.3) is 0 Å². The molecular weight excluding hydrogens is 488 g/mol. The Bertz CT molecular complexity index is 1080. The van der Waals surface area contributed by atoms with Crippen LogP contribution in [0.5, 0.6) is 23.0 Å². The van der Waals surface area contributed by atoms with Crippen LogP contribution in [0.4, 0.5) is 0 Å². The number of phenolic OH excluding ortho intramolecular Hbond substituents is 1. The van der Waals surface area contributed by atoms with Crippen molar-refractivity contribution in [3.63, 3.8) is 0 Å². The van der Waals surface area contributed by atoms with Crippen LogP contribution < -0.4 is 14.2 Å². The Hall–Kier alpha value is -2.64. The van der Waals surface area contributed by atoms with Crippen LogP contribution in [-0.4, -0.2) is 89.3 Å². The van der Waals surface area contributed by atoms with Gasteiger partial charge in [-0.3, -0.25) is 0 Å². The quantitative estimate of drug-likeness (QED) is 0.354. The van der Waals surface area contributed by atoms with E-state index in [0.29, 0.717) is 24.3 Å². The molecular formula is C26H32O11. The Balaban J connectivity index is 1.24. The monoisotopic (exact) mass is 520 g/mol. The molecule has 3 aliphatic heterocycles. The van der Waals surface area contributed by atoms with Crippen LogP contribution in [0.1, 0.15) is 36.2 Å². The van der Waals surface area contributed by atoms with Gasteiger partial charge in [-0.15, -0.1) is 0 Å². The molecule has 9 unspecified atom stereocenters. The maximum atomic E-state index is 10.3. The molecule has 3 fully saturated rings. The van der Waals surface area contributed by atoms with Gasteiger partial charge in [0.2, 0.25) is 6.29 Å². The first-order chi connectivity index (χ1) is 17.8. The zero-order valence-corrected chi connectivity index (χ0v) is 20.5. The van der Waals surface area contributed by atoms with Gasteiger partial charge in [-0.05, 0) is 35.4 Å². The number of hydrogen-bond acceptors (Lipinski definition) is 11. The number of hydrogen-bond donors (Lipinski definition) is 5. The molecule has 0 amide bonds. The smallest absolute Gasteiger partial charge is 0.229 e. The fraction of sp³-hybridized carbons (Fsp3) is 0.538. The fourth-order valence-corrected chi connectivity index (χ4v) is 5.14. The van der Waals surface area contributed by atoms with Gasteiger partial charge in [0.05, 0.1) is 45.2 Å². The molecule has 11 nitrogen and oxygen atoms in total. The minimum absolute atomic E-state index is 0.0775. The second-order valence-corrected chi connectivity index (χ2v) is 9.45. The Labute approximate surface area is 213 Å². The van der Waals surface area contributed by atoms with E-state index in [1.807, 2.05) is 12.1 Å². The molecule has 2 aromatic carbocycles. The second kappa shape index (κ2) is 10.6. The van der Waals surface area contributed by atoms with Crippen molar-refractivity contribution in [3.8, 4) is 23.0 Å². The number of aromatic hydroxyl groups is 1. The van der Waals surface area contributed by atoms with Crippen molar-refractivity contribution < 1.29 is 54.0 Å². The zero-order valence-electron chi connectivity index (χ0n) is 20.5. The Morgan fingerprint density at radius 1 is 0.757 bits per heavy atom. The number of ether oxygens (including phenoxy) is 6. The van der Waals surface area contributed by atoms with Crippen LogP contribution in [0.3, 0.4) is 0 Å². The summed E-state index contributed by atoms with van der Waals surface area (Å²) < 4.78 is 34.4. The minimum atomic E-state index is -1.54. The summed E-state index contributed by atoms with van der Waals surface area (Å²) in [5.74, 6) is 1.10. The van der Waals surface area contributed by atoms with E-state index in [0.717, 1.165) is 11.1 Å². The summed E-state index contributed by atoms with van der Waals surface area (Å²) >= 11 is 0. The van der Waals surface area contributed by atoms with Gasteiger partial charge in [-0.2, -0.15) is 0 Å². The molecule has 5 N–H and O–H groups in total. The lowest BCUT2D eigenvalue weighted by atomic mass is 9.99. The molecule has 0 aromatic heterocycles. The number of fused-ring (bicyclic) bond motifs is 1. The summed E-state index contributed by atoms with van der Waals surface area (Å²) in [6.45, 7) is -0.550. The normalized spacial score (nSPS) is 35.2.